The number of nitrogen functional groups attached to an aromatic ring is 1. The van der Waals surface area contributed by atoms with E-state index in [0.29, 0.717) is 24.2 Å². The normalized spacial score (nSPS) is 10.4. The fourth-order valence-electron chi connectivity index (χ4n) is 3.09. The molecule has 0 spiro atoms. The minimum Gasteiger partial charge on any atom is -0.496 e. The summed E-state index contributed by atoms with van der Waals surface area (Å²) in [6, 6.07) is 11.3. The maximum Gasteiger partial charge on any atom is 0.270 e. The fourth-order valence-corrected chi connectivity index (χ4v) is 3.09. The van der Waals surface area contributed by atoms with Gasteiger partial charge < -0.3 is 15.8 Å². The number of aryl methyl sites for hydroxylation is 1. The monoisotopic (exact) mass is 438 g/mol. The number of nitriles is 1. The molecule has 1 aromatic heterocycles. The molecule has 164 valence electrons. The van der Waals surface area contributed by atoms with E-state index >= 15 is 0 Å². The summed E-state index contributed by atoms with van der Waals surface area (Å²) in [5.41, 5.74) is 7.01. The predicted molar refractivity (Wildman–Crippen MR) is 113 cm³/mol. The van der Waals surface area contributed by atoms with Crippen LogP contribution in [0.15, 0.2) is 42.5 Å². The summed E-state index contributed by atoms with van der Waals surface area (Å²) in [6.45, 7) is 0.221. The third-order valence-corrected chi connectivity index (χ3v) is 4.69. The molecule has 0 saturated carbocycles. The van der Waals surface area contributed by atoms with Gasteiger partial charge in [-0.25, -0.2) is 9.07 Å². The highest BCUT2D eigenvalue weighted by Gasteiger charge is 2.19. The van der Waals surface area contributed by atoms with E-state index in [9.17, 15) is 24.6 Å². The van der Waals surface area contributed by atoms with E-state index in [4.69, 9.17) is 10.5 Å². The first kappa shape index (κ1) is 22.2. The highest BCUT2D eigenvalue weighted by Crippen LogP contribution is 2.24. The standard InChI is InChI=1S/C21H19FN6O4/c1-32-19-9-8-15(28(30)31)11-16(19)21(29)25-10-2-3-18-17(12-23)20(24)27(26-18)14-6-4-13(22)5-7-14/h4-9,11H,2-3,10,24H2,1H3,(H,25,29). The van der Waals surface area contributed by atoms with Gasteiger partial charge >= 0.3 is 0 Å². The van der Waals surface area contributed by atoms with Crippen LogP contribution in [0.1, 0.15) is 28.0 Å². The molecular weight excluding hydrogens is 419 g/mol. The van der Waals surface area contributed by atoms with Crippen molar-refractivity contribution in [3.63, 3.8) is 0 Å². The van der Waals surface area contributed by atoms with E-state index in [-0.39, 0.29) is 34.9 Å². The molecule has 0 aliphatic rings. The molecule has 10 nitrogen and oxygen atoms in total. The number of ether oxygens (including phenoxy) is 1. The summed E-state index contributed by atoms with van der Waals surface area (Å²) in [5.74, 6) is -0.580. The van der Waals surface area contributed by atoms with Crippen LogP contribution < -0.4 is 15.8 Å². The van der Waals surface area contributed by atoms with Gasteiger partial charge in [0.15, 0.2) is 0 Å². The molecule has 0 aliphatic heterocycles. The Balaban J connectivity index is 1.67. The molecule has 3 aromatic rings. The topological polar surface area (TPSA) is 149 Å². The van der Waals surface area contributed by atoms with Crippen LogP contribution in [-0.2, 0) is 6.42 Å². The zero-order valence-electron chi connectivity index (χ0n) is 17.0. The summed E-state index contributed by atoms with van der Waals surface area (Å²) in [5, 5.41) is 27.4. The molecule has 0 atom stereocenters. The number of hydrogen-bond donors (Lipinski definition) is 2. The first-order chi connectivity index (χ1) is 15.3. The zero-order valence-corrected chi connectivity index (χ0v) is 17.0. The van der Waals surface area contributed by atoms with Gasteiger partial charge in [0, 0.05) is 18.7 Å². The van der Waals surface area contributed by atoms with Crippen LogP contribution in [0.2, 0.25) is 0 Å². The van der Waals surface area contributed by atoms with Crippen molar-refractivity contribution in [3.05, 3.63) is 75.2 Å². The number of halogens is 1. The lowest BCUT2D eigenvalue weighted by atomic mass is 10.1. The number of non-ortho nitro benzene ring substituents is 1. The number of hydrogen-bond acceptors (Lipinski definition) is 7. The second-order valence-corrected chi connectivity index (χ2v) is 6.71. The Kier molecular flexibility index (Phi) is 6.65. The zero-order chi connectivity index (χ0) is 23.3. The molecule has 0 aliphatic carbocycles. The third-order valence-electron chi connectivity index (χ3n) is 4.69. The van der Waals surface area contributed by atoms with Crippen molar-refractivity contribution in [2.45, 2.75) is 12.8 Å². The largest absolute Gasteiger partial charge is 0.496 e. The summed E-state index contributed by atoms with van der Waals surface area (Å²) >= 11 is 0. The van der Waals surface area contributed by atoms with Crippen molar-refractivity contribution < 1.29 is 18.8 Å². The number of rotatable bonds is 8. The predicted octanol–water partition coefficient (Wildman–Crippen LogP) is 2.74. The lowest BCUT2D eigenvalue weighted by molar-refractivity contribution is -0.384. The van der Waals surface area contributed by atoms with Gasteiger partial charge in [0.25, 0.3) is 11.6 Å². The molecule has 3 N–H and O–H groups in total. The lowest BCUT2D eigenvalue weighted by Gasteiger charge is -2.09. The molecule has 1 amide bonds. The number of carbonyl (C=O) groups excluding carboxylic acids is 1. The fraction of sp³-hybridized carbons (Fsp3) is 0.190. The van der Waals surface area contributed by atoms with E-state index in [1.54, 1.807) is 0 Å². The first-order valence-corrected chi connectivity index (χ1v) is 9.49. The number of nitrogens with one attached hydrogen (secondary N) is 1. The molecule has 0 fully saturated rings. The van der Waals surface area contributed by atoms with Crippen molar-refractivity contribution in [2.75, 3.05) is 19.4 Å². The van der Waals surface area contributed by atoms with Gasteiger partial charge in [-0.05, 0) is 43.2 Å². The SMILES string of the molecule is COc1ccc([N+](=O)[O-])cc1C(=O)NCCCc1nn(-c2ccc(F)cc2)c(N)c1C#N. The minimum absolute atomic E-state index is 0.0456. The highest BCUT2D eigenvalue weighted by atomic mass is 19.1. The highest BCUT2D eigenvalue weighted by molar-refractivity contribution is 5.97. The number of benzene rings is 2. The van der Waals surface area contributed by atoms with E-state index in [1.807, 2.05) is 6.07 Å². The Morgan fingerprint density at radius 3 is 2.69 bits per heavy atom. The molecule has 1 heterocycles. The van der Waals surface area contributed by atoms with Gasteiger partial charge in [0.05, 0.1) is 29.0 Å². The number of aromatic nitrogens is 2. The number of nitrogens with zero attached hydrogens (tertiary/aromatic N) is 4. The second kappa shape index (κ2) is 9.57. The van der Waals surface area contributed by atoms with Crippen molar-refractivity contribution in [2.24, 2.45) is 0 Å². The second-order valence-electron chi connectivity index (χ2n) is 6.71. The van der Waals surface area contributed by atoms with Crippen LogP contribution in [0, 0.1) is 27.3 Å². The average molecular weight is 438 g/mol. The van der Waals surface area contributed by atoms with Crippen LogP contribution in [0.5, 0.6) is 5.75 Å². The van der Waals surface area contributed by atoms with E-state index in [2.05, 4.69) is 10.4 Å². The van der Waals surface area contributed by atoms with Crippen LogP contribution in [-0.4, -0.2) is 34.3 Å². The minimum atomic E-state index is -0.596. The number of carbonyl (C=O) groups is 1. The Labute approximate surface area is 182 Å². The van der Waals surface area contributed by atoms with Gasteiger partial charge in [-0.15, -0.1) is 0 Å². The van der Waals surface area contributed by atoms with Gasteiger partial charge in [0.1, 0.15) is 29.0 Å². The number of nitrogens with two attached hydrogens (primary N) is 1. The van der Waals surface area contributed by atoms with Crippen molar-refractivity contribution >= 4 is 17.4 Å². The summed E-state index contributed by atoms with van der Waals surface area (Å²) in [7, 11) is 1.36. The summed E-state index contributed by atoms with van der Waals surface area (Å²) in [4.78, 5) is 22.8. The number of anilines is 1. The molecule has 0 radical (unpaired) electrons. The maximum atomic E-state index is 13.2. The van der Waals surface area contributed by atoms with Crippen LogP contribution in [0.4, 0.5) is 15.9 Å². The van der Waals surface area contributed by atoms with Gasteiger partial charge in [0.2, 0.25) is 0 Å². The Hall–Kier alpha value is -4.46. The number of methoxy groups -OCH3 is 1. The van der Waals surface area contributed by atoms with Gasteiger partial charge in [-0.1, -0.05) is 0 Å². The van der Waals surface area contributed by atoms with Crippen molar-refractivity contribution in [1.82, 2.24) is 15.1 Å². The first-order valence-electron chi connectivity index (χ1n) is 9.49. The molecule has 11 heteroatoms. The molecular formula is C21H19FN6O4. The van der Waals surface area contributed by atoms with Gasteiger partial charge in [-0.3, -0.25) is 14.9 Å². The molecule has 3 rings (SSSR count). The van der Waals surface area contributed by atoms with E-state index in [1.165, 1.54) is 48.2 Å². The van der Waals surface area contributed by atoms with Crippen molar-refractivity contribution in [3.8, 4) is 17.5 Å². The van der Waals surface area contributed by atoms with Crippen LogP contribution in [0.25, 0.3) is 5.69 Å². The molecule has 0 bridgehead atoms. The lowest BCUT2D eigenvalue weighted by Crippen LogP contribution is -2.25. The van der Waals surface area contributed by atoms with Crippen LogP contribution in [0.3, 0.4) is 0 Å². The van der Waals surface area contributed by atoms with E-state index < -0.39 is 16.6 Å². The summed E-state index contributed by atoms with van der Waals surface area (Å²) < 4.78 is 19.6. The number of amides is 1. The molecule has 32 heavy (non-hydrogen) atoms. The summed E-state index contributed by atoms with van der Waals surface area (Å²) in [6.07, 6.45) is 0.769. The van der Waals surface area contributed by atoms with Crippen molar-refractivity contribution in [1.29, 1.82) is 5.26 Å². The Morgan fingerprint density at radius 2 is 2.06 bits per heavy atom. The molecule has 0 saturated heterocycles. The molecule has 0 unspecified atom stereocenters. The smallest absolute Gasteiger partial charge is 0.270 e. The molecule has 2 aromatic carbocycles. The quantitative estimate of drug-likeness (QED) is 0.312. The Morgan fingerprint density at radius 1 is 1.34 bits per heavy atom. The number of nitro groups is 1. The third kappa shape index (κ3) is 4.65. The maximum absolute atomic E-state index is 13.2. The van der Waals surface area contributed by atoms with Gasteiger partial charge in [-0.2, -0.15) is 10.4 Å². The average Bonchev–Trinajstić information content (AvgIpc) is 3.11. The number of nitro benzene ring substituents is 1. The van der Waals surface area contributed by atoms with E-state index in [0.717, 1.165) is 6.07 Å². The Bertz CT molecular complexity index is 1200. The van der Waals surface area contributed by atoms with Crippen LogP contribution >= 0.6 is 0 Å².